The minimum atomic E-state index is -2.03. The van der Waals surface area contributed by atoms with Crippen LogP contribution in [0.25, 0.3) is 10.9 Å². The second kappa shape index (κ2) is 41.3. The molecule has 1 aliphatic rings. The number of carbonyl (C=O) groups excluding carboxylic acids is 14. The molecule has 24 N–H and O–H groups in total. The number of rotatable bonds is 23. The Balaban J connectivity index is 1.62. The summed E-state index contributed by atoms with van der Waals surface area (Å²) >= 11 is 0. The van der Waals surface area contributed by atoms with Crippen LogP contribution in [-0.4, -0.2) is 216 Å². The molecule has 568 valence electrons. The Morgan fingerprint density at radius 2 is 1.13 bits per heavy atom. The number of imidazole rings is 2. The fourth-order valence-corrected chi connectivity index (χ4v) is 13.0. The van der Waals surface area contributed by atoms with E-state index in [1.165, 1.54) is 45.8 Å². The molecule has 1 saturated heterocycles. The van der Waals surface area contributed by atoms with Crippen LogP contribution in [0.1, 0.15) is 104 Å². The Morgan fingerprint density at radius 3 is 1.69 bits per heavy atom. The largest absolute Gasteiger partial charge is 0.481 e. The van der Waals surface area contributed by atoms with E-state index in [2.05, 4.69) is 93.7 Å². The number of aliphatic carboxylic acids is 1. The van der Waals surface area contributed by atoms with Crippen molar-refractivity contribution in [2.75, 3.05) is 24.6 Å². The van der Waals surface area contributed by atoms with Crippen molar-refractivity contribution in [3.8, 4) is 0 Å². The molecular weight excluding hydrogens is 1400 g/mol. The molecule has 4 aromatic rings. The van der Waals surface area contributed by atoms with E-state index in [0.29, 0.717) is 34.3 Å². The number of aromatic nitrogens is 5. The lowest BCUT2D eigenvalue weighted by molar-refractivity contribution is -0.141. The third kappa shape index (κ3) is 27.2. The SMILES string of the molecule is CC[C@H](C)[C@H](NC(C)=O)C(=O)N[C@H]1CSSC[C@@H](C(N)=O)NC(=O)[C@H](CCCN=C(N)N)NC(=O)[C@@H](Cc2cnc[nH]2)NC(=O)[C@H](Cc2cnc[nH]2)NC(=O)CNC(=O)[C@H](Cc2c[nH]c3ccccc23)NC(=O)[C@@H](CC(=O)O)NC(=O)[C@@H](CCC(N)=O)NC(=O)[C@@H](C(C)C)NC(=O)[C@H](C(C)C)NC1=O. The molecule has 1 aromatic carbocycles. The Hall–Kier alpha value is -10.8. The fraction of sp³-hybridized carbons (Fsp3) is 0.531. The zero-order valence-corrected chi connectivity index (χ0v) is 60.1. The number of hydrogen-bond donors (Lipinski definition) is 20. The van der Waals surface area contributed by atoms with Gasteiger partial charge in [-0.1, -0.05) is 87.8 Å². The summed E-state index contributed by atoms with van der Waals surface area (Å²) in [5.41, 5.74) is 24.2. The van der Waals surface area contributed by atoms with Crippen LogP contribution in [-0.2, 0) is 91.2 Å². The van der Waals surface area contributed by atoms with Gasteiger partial charge in [0.15, 0.2) is 5.96 Å². The second-order valence-corrected chi connectivity index (χ2v) is 28.0. The molecule has 0 bridgehead atoms. The third-order valence-electron chi connectivity index (χ3n) is 16.5. The molecule has 0 aliphatic carbocycles. The zero-order valence-electron chi connectivity index (χ0n) is 58.5. The minimum absolute atomic E-state index is 0.0443. The van der Waals surface area contributed by atoms with Crippen LogP contribution in [0.2, 0.25) is 0 Å². The smallest absolute Gasteiger partial charge is 0.305 e. The van der Waals surface area contributed by atoms with Crippen molar-refractivity contribution in [1.82, 2.24) is 88.7 Å². The highest BCUT2D eigenvalue weighted by Gasteiger charge is 2.39. The Morgan fingerprint density at radius 1 is 0.615 bits per heavy atom. The first kappa shape index (κ1) is 83.9. The van der Waals surface area contributed by atoms with E-state index >= 15 is 0 Å². The quantitative estimate of drug-likeness (QED) is 0.0143. The molecule has 1 aliphatic heterocycles. The highest BCUT2D eigenvalue weighted by molar-refractivity contribution is 8.76. The molecule has 1 fully saturated rings. The summed E-state index contributed by atoms with van der Waals surface area (Å²) < 4.78 is 0. The summed E-state index contributed by atoms with van der Waals surface area (Å²) in [7, 11) is 1.82. The third-order valence-corrected chi connectivity index (χ3v) is 18.9. The molecule has 104 heavy (non-hydrogen) atoms. The van der Waals surface area contributed by atoms with Gasteiger partial charge < -0.3 is 107 Å². The van der Waals surface area contributed by atoms with Gasteiger partial charge in [-0.05, 0) is 48.6 Å². The number of para-hydroxylation sites is 1. The Kier molecular flexibility index (Phi) is 33.3. The van der Waals surface area contributed by atoms with Gasteiger partial charge in [-0.2, -0.15) is 0 Å². The van der Waals surface area contributed by atoms with E-state index in [9.17, 15) is 77.0 Å². The van der Waals surface area contributed by atoms with Crippen LogP contribution >= 0.6 is 21.6 Å². The number of aliphatic imine (C=N–C) groups is 1. The Labute approximate surface area is 605 Å². The molecule has 0 saturated carbocycles. The minimum Gasteiger partial charge on any atom is -0.481 e. The van der Waals surface area contributed by atoms with Gasteiger partial charge in [0, 0.05) is 91.5 Å². The maximum atomic E-state index is 14.7. The number of aromatic amines is 3. The molecular formula is C64H94N22O16S2. The number of carbonyl (C=O) groups is 15. The van der Waals surface area contributed by atoms with E-state index in [1.54, 1.807) is 58.2 Å². The standard InChI is InChI=1S/C64H94N22O16S2/c1-8-32(6)52(76-33(7)87)63(102)84-46-27-104-103-26-45(53(66)92)83-55(94)39(14-11-17-71-64(67)68)78-58(97)43(20-36-24-70-29-75-36)81-57(96)42(19-35-23-69-28-74-35)77-48(89)25-73-54(93)41(18-34-22-72-38-13-10-9-12-37(34)38)80-59(98)44(21-49(90)91)82-56(95)40(15-16-47(65)88)79-61(100)50(30(2)3)86-62(101)51(31(4)5)85-60(46)99/h9-10,12-13,22-24,28-32,39-46,50-52,72H,8,11,14-21,25-27H2,1-7H3,(H2,65,88)(H2,66,92)(H,69,74)(H,70,75)(H,73,93)(H,76,87)(H,77,89)(H,78,97)(H,79,100)(H,80,98)(H,81,96)(H,82,95)(H,83,94)(H,84,102)(H,85,99)(H,86,101)(H,90,91)(H4,67,68,71)/t32-,39-,40+,41-,42-,43+,44+,45-,46-,50+,51-,52-/m0/s1. The van der Waals surface area contributed by atoms with Gasteiger partial charge in [-0.25, -0.2) is 9.97 Å². The topological polar surface area (TPSA) is 610 Å². The van der Waals surface area contributed by atoms with Crippen molar-refractivity contribution in [2.24, 2.45) is 45.7 Å². The molecule has 14 amide bonds. The van der Waals surface area contributed by atoms with Crippen LogP contribution in [0.15, 0.2) is 60.5 Å². The maximum absolute atomic E-state index is 14.7. The molecule has 12 atom stereocenters. The lowest BCUT2D eigenvalue weighted by Crippen LogP contribution is -2.62. The molecule has 0 spiro atoms. The number of carboxylic acids is 1. The van der Waals surface area contributed by atoms with Crippen molar-refractivity contribution < 1.29 is 77.0 Å². The molecule has 40 heteroatoms. The molecule has 38 nitrogen and oxygen atoms in total. The first-order valence-corrected chi connectivity index (χ1v) is 35.9. The summed E-state index contributed by atoms with van der Waals surface area (Å²) in [5.74, 6) is -18.3. The number of hydrogen-bond acceptors (Lipinski definition) is 20. The molecule has 3 aromatic heterocycles. The predicted molar refractivity (Wildman–Crippen MR) is 380 cm³/mol. The van der Waals surface area contributed by atoms with E-state index < -0.39 is 199 Å². The van der Waals surface area contributed by atoms with Crippen molar-refractivity contribution in [3.05, 3.63) is 72.5 Å². The van der Waals surface area contributed by atoms with Crippen LogP contribution < -0.4 is 86.7 Å². The molecule has 5 rings (SSSR count). The number of nitrogens with zero attached hydrogens (tertiary/aromatic N) is 3. The van der Waals surface area contributed by atoms with Gasteiger partial charge in [0.05, 0.1) is 25.6 Å². The summed E-state index contributed by atoms with van der Waals surface area (Å²) in [6, 6.07) is -10.4. The molecule has 0 radical (unpaired) electrons. The van der Waals surface area contributed by atoms with Crippen LogP contribution in [0, 0.1) is 17.8 Å². The van der Waals surface area contributed by atoms with Crippen molar-refractivity contribution in [3.63, 3.8) is 0 Å². The molecule has 4 heterocycles. The van der Waals surface area contributed by atoms with Gasteiger partial charge in [-0.15, -0.1) is 0 Å². The average Bonchev–Trinajstić information content (AvgIpc) is 1.64. The van der Waals surface area contributed by atoms with Crippen LogP contribution in [0.3, 0.4) is 0 Å². The summed E-state index contributed by atoms with van der Waals surface area (Å²) in [4.78, 5) is 230. The predicted octanol–water partition coefficient (Wildman–Crippen LogP) is -4.86. The first-order chi connectivity index (χ1) is 49.2. The number of guanidine groups is 1. The normalized spacial score (nSPS) is 23.0. The average molecular weight is 1490 g/mol. The lowest BCUT2D eigenvalue weighted by Gasteiger charge is -2.30. The number of nitrogens with two attached hydrogens (primary N) is 4. The maximum Gasteiger partial charge on any atom is 0.305 e. The second-order valence-electron chi connectivity index (χ2n) is 25.4. The van der Waals surface area contributed by atoms with Crippen molar-refractivity contribution in [2.45, 2.75) is 173 Å². The van der Waals surface area contributed by atoms with Crippen LogP contribution in [0.4, 0.5) is 0 Å². The fourth-order valence-electron chi connectivity index (χ4n) is 10.6. The molecule has 0 unspecified atom stereocenters. The summed E-state index contributed by atoms with van der Waals surface area (Å²) in [6.45, 7) is 9.88. The van der Waals surface area contributed by atoms with Gasteiger partial charge in [0.1, 0.15) is 66.5 Å². The van der Waals surface area contributed by atoms with E-state index in [1.807, 2.05) is 0 Å². The number of H-pyrrole nitrogens is 3. The van der Waals surface area contributed by atoms with Crippen molar-refractivity contribution in [1.29, 1.82) is 0 Å². The number of primary amides is 2. The van der Waals surface area contributed by atoms with E-state index in [0.717, 1.165) is 21.6 Å². The Bertz CT molecular complexity index is 3700. The van der Waals surface area contributed by atoms with E-state index in [-0.39, 0.29) is 56.1 Å². The number of fused-ring (bicyclic) bond motifs is 1. The zero-order chi connectivity index (χ0) is 76.9. The lowest BCUT2D eigenvalue weighted by atomic mass is 9.97. The van der Waals surface area contributed by atoms with E-state index in [4.69, 9.17) is 22.9 Å². The number of benzene rings is 1. The highest BCUT2D eigenvalue weighted by atomic mass is 33.1. The van der Waals surface area contributed by atoms with Gasteiger partial charge in [0.2, 0.25) is 82.7 Å². The number of carboxylic acid groups (broad SMARTS) is 1. The number of nitrogens with one attached hydrogen (secondary N) is 15. The summed E-state index contributed by atoms with van der Waals surface area (Å²) in [5, 5.41) is 41.2. The monoisotopic (exact) mass is 1490 g/mol. The van der Waals surface area contributed by atoms with Crippen molar-refractivity contribution >= 4 is 127 Å². The highest BCUT2D eigenvalue weighted by Crippen LogP contribution is 2.25. The first-order valence-electron chi connectivity index (χ1n) is 33.4. The summed E-state index contributed by atoms with van der Waals surface area (Å²) in [6.07, 6.45) is 3.93. The number of amides is 14. The van der Waals surface area contributed by atoms with Gasteiger partial charge in [0.25, 0.3) is 0 Å². The van der Waals surface area contributed by atoms with Gasteiger partial charge in [-0.3, -0.25) is 76.9 Å². The van der Waals surface area contributed by atoms with Crippen LogP contribution in [0.5, 0.6) is 0 Å². The van der Waals surface area contributed by atoms with Gasteiger partial charge >= 0.3 is 5.97 Å².